The zero-order valence-electron chi connectivity index (χ0n) is 18.8. The Kier molecular flexibility index (Phi) is 8.39. The number of hydrazone groups is 1. The van der Waals surface area contributed by atoms with Gasteiger partial charge in [0.25, 0.3) is 5.91 Å². The maximum atomic E-state index is 12.3. The van der Waals surface area contributed by atoms with Crippen molar-refractivity contribution in [3.8, 4) is 17.2 Å². The third-order valence-electron chi connectivity index (χ3n) is 5.08. The van der Waals surface area contributed by atoms with Crippen LogP contribution in [-0.2, 0) is 11.4 Å². The average Bonchev–Trinajstić information content (AvgIpc) is 2.87. The van der Waals surface area contributed by atoms with Gasteiger partial charge in [-0.05, 0) is 68.7 Å². The molecule has 1 N–H and O–H groups in total. The highest BCUT2D eigenvalue weighted by Gasteiger charge is 2.09. The fraction of sp³-hybridized carbons (Fsp3) is 0.111. The predicted molar refractivity (Wildman–Crippen MR) is 144 cm³/mol. The molecule has 0 heterocycles. The monoisotopic (exact) mass is 596 g/mol. The highest BCUT2D eigenvalue weighted by Crippen LogP contribution is 2.33. The number of methoxy groups -OCH3 is 1. The van der Waals surface area contributed by atoms with E-state index in [0.717, 1.165) is 25.3 Å². The molecule has 6 nitrogen and oxygen atoms in total. The Hall–Kier alpha value is -3.36. The molecule has 1 amide bonds. The molecular formula is C27H22Br2N2O4. The van der Waals surface area contributed by atoms with E-state index in [1.54, 1.807) is 25.3 Å². The van der Waals surface area contributed by atoms with Gasteiger partial charge in [0.15, 0.2) is 6.61 Å². The summed E-state index contributed by atoms with van der Waals surface area (Å²) in [6.07, 6.45) is 1.52. The number of hydrogen-bond acceptors (Lipinski definition) is 5. The number of halogens is 2. The topological polar surface area (TPSA) is 69.2 Å². The molecule has 0 bridgehead atoms. The second kappa shape index (κ2) is 11.9. The molecule has 0 aliphatic heterocycles. The number of rotatable bonds is 9. The molecular weight excluding hydrogens is 576 g/mol. The lowest BCUT2D eigenvalue weighted by molar-refractivity contribution is -0.123. The number of ether oxygens (including phenoxy) is 3. The first-order valence-electron chi connectivity index (χ1n) is 10.7. The first-order valence-corrected chi connectivity index (χ1v) is 12.3. The van der Waals surface area contributed by atoms with Crippen molar-refractivity contribution in [3.63, 3.8) is 0 Å². The van der Waals surface area contributed by atoms with Crippen LogP contribution in [0.3, 0.4) is 0 Å². The van der Waals surface area contributed by atoms with Crippen LogP contribution in [0.4, 0.5) is 0 Å². The van der Waals surface area contributed by atoms with Gasteiger partial charge in [0, 0.05) is 10.0 Å². The Morgan fingerprint density at radius 1 is 0.943 bits per heavy atom. The average molecular weight is 598 g/mol. The van der Waals surface area contributed by atoms with E-state index in [2.05, 4.69) is 42.4 Å². The van der Waals surface area contributed by atoms with Crippen LogP contribution in [0.2, 0.25) is 0 Å². The molecule has 0 fully saturated rings. The van der Waals surface area contributed by atoms with E-state index in [1.807, 2.05) is 60.7 Å². The Labute approximate surface area is 220 Å². The molecule has 4 rings (SSSR count). The summed E-state index contributed by atoms with van der Waals surface area (Å²) in [4.78, 5) is 12.3. The lowest BCUT2D eigenvalue weighted by Crippen LogP contribution is -2.24. The molecule has 0 atom stereocenters. The number of amides is 1. The summed E-state index contributed by atoms with van der Waals surface area (Å²) < 4.78 is 18.8. The van der Waals surface area contributed by atoms with E-state index in [4.69, 9.17) is 14.2 Å². The third kappa shape index (κ3) is 6.61. The van der Waals surface area contributed by atoms with E-state index in [1.165, 1.54) is 6.21 Å². The lowest BCUT2D eigenvalue weighted by atomic mass is 10.1. The van der Waals surface area contributed by atoms with Gasteiger partial charge in [-0.2, -0.15) is 5.10 Å². The first kappa shape index (κ1) is 24.8. The van der Waals surface area contributed by atoms with Crippen LogP contribution in [0.15, 0.2) is 92.9 Å². The van der Waals surface area contributed by atoms with Crippen molar-refractivity contribution in [3.05, 3.63) is 98.9 Å². The van der Waals surface area contributed by atoms with Gasteiger partial charge in [-0.1, -0.05) is 58.4 Å². The van der Waals surface area contributed by atoms with Crippen molar-refractivity contribution < 1.29 is 19.0 Å². The molecule has 35 heavy (non-hydrogen) atoms. The van der Waals surface area contributed by atoms with Crippen LogP contribution < -0.4 is 19.6 Å². The SMILES string of the molecule is COc1ccc(OCc2cccc(Br)c2)c(C=NNC(=O)COc2ccc3ccccc3c2Br)c1. The summed E-state index contributed by atoms with van der Waals surface area (Å²) in [6.45, 7) is 0.200. The molecule has 0 spiro atoms. The number of carbonyl (C=O) groups is 1. The van der Waals surface area contributed by atoms with Gasteiger partial charge in [-0.15, -0.1) is 0 Å². The molecule has 4 aromatic carbocycles. The summed E-state index contributed by atoms with van der Waals surface area (Å²) >= 11 is 7.02. The Balaban J connectivity index is 1.38. The van der Waals surface area contributed by atoms with Gasteiger partial charge < -0.3 is 14.2 Å². The Morgan fingerprint density at radius 2 is 1.77 bits per heavy atom. The van der Waals surface area contributed by atoms with Crippen molar-refractivity contribution >= 4 is 54.8 Å². The number of benzene rings is 4. The van der Waals surface area contributed by atoms with Crippen LogP contribution >= 0.6 is 31.9 Å². The number of fused-ring (bicyclic) bond motifs is 1. The van der Waals surface area contributed by atoms with Crippen LogP contribution in [0.25, 0.3) is 10.8 Å². The van der Waals surface area contributed by atoms with Crippen molar-refractivity contribution in [1.82, 2.24) is 5.43 Å². The third-order valence-corrected chi connectivity index (χ3v) is 6.39. The fourth-order valence-electron chi connectivity index (χ4n) is 3.35. The van der Waals surface area contributed by atoms with Crippen LogP contribution in [0, 0.1) is 0 Å². The fourth-order valence-corrected chi connectivity index (χ4v) is 4.40. The highest BCUT2D eigenvalue weighted by molar-refractivity contribution is 9.11. The normalized spacial score (nSPS) is 10.9. The molecule has 4 aromatic rings. The predicted octanol–water partition coefficient (Wildman–Crippen LogP) is 6.48. The van der Waals surface area contributed by atoms with Gasteiger partial charge in [0.2, 0.25) is 0 Å². The van der Waals surface area contributed by atoms with E-state index >= 15 is 0 Å². The molecule has 178 valence electrons. The summed E-state index contributed by atoms with van der Waals surface area (Å²) in [6, 6.07) is 25.0. The molecule has 0 aliphatic carbocycles. The van der Waals surface area contributed by atoms with Crippen molar-refractivity contribution in [1.29, 1.82) is 0 Å². The van der Waals surface area contributed by atoms with Crippen LogP contribution in [-0.4, -0.2) is 25.8 Å². The van der Waals surface area contributed by atoms with Crippen molar-refractivity contribution in [2.24, 2.45) is 5.10 Å². The summed E-state index contributed by atoms with van der Waals surface area (Å²) in [5.41, 5.74) is 4.17. The zero-order chi connectivity index (χ0) is 24.6. The molecule has 0 saturated heterocycles. The smallest absolute Gasteiger partial charge is 0.277 e. The van der Waals surface area contributed by atoms with Gasteiger partial charge >= 0.3 is 0 Å². The van der Waals surface area contributed by atoms with Gasteiger partial charge in [0.1, 0.15) is 23.9 Å². The number of carbonyl (C=O) groups excluding carboxylic acids is 1. The summed E-state index contributed by atoms with van der Waals surface area (Å²) in [5.74, 6) is 1.46. The maximum absolute atomic E-state index is 12.3. The summed E-state index contributed by atoms with van der Waals surface area (Å²) in [7, 11) is 1.59. The first-order chi connectivity index (χ1) is 17.0. The standard InChI is InChI=1S/C27H22Br2N2O4/c1-33-22-10-12-24(34-16-18-5-4-7-21(28)13-18)20(14-22)15-30-31-26(32)17-35-25-11-9-19-6-2-3-8-23(19)27(25)29/h2-15H,16-17H2,1H3,(H,31,32). The van der Waals surface area contributed by atoms with E-state index in [-0.39, 0.29) is 12.5 Å². The number of hydrogen-bond donors (Lipinski definition) is 1. The van der Waals surface area contributed by atoms with Gasteiger partial charge in [0.05, 0.1) is 17.8 Å². The minimum Gasteiger partial charge on any atom is -0.497 e. The molecule has 0 radical (unpaired) electrons. The molecule has 8 heteroatoms. The molecule has 0 saturated carbocycles. The maximum Gasteiger partial charge on any atom is 0.277 e. The van der Waals surface area contributed by atoms with E-state index in [9.17, 15) is 4.79 Å². The second-order valence-corrected chi connectivity index (χ2v) is 9.21. The zero-order valence-corrected chi connectivity index (χ0v) is 22.0. The molecule has 0 unspecified atom stereocenters. The lowest BCUT2D eigenvalue weighted by Gasteiger charge is -2.11. The summed E-state index contributed by atoms with van der Waals surface area (Å²) in [5, 5.41) is 6.16. The van der Waals surface area contributed by atoms with Gasteiger partial charge in [-0.3, -0.25) is 4.79 Å². The largest absolute Gasteiger partial charge is 0.497 e. The number of nitrogens with zero attached hydrogens (tertiary/aromatic N) is 1. The van der Waals surface area contributed by atoms with E-state index in [0.29, 0.717) is 29.4 Å². The van der Waals surface area contributed by atoms with Crippen LogP contribution in [0.1, 0.15) is 11.1 Å². The quantitative estimate of drug-likeness (QED) is 0.177. The van der Waals surface area contributed by atoms with Crippen molar-refractivity contribution in [2.75, 3.05) is 13.7 Å². The van der Waals surface area contributed by atoms with Crippen molar-refractivity contribution in [2.45, 2.75) is 6.61 Å². The van der Waals surface area contributed by atoms with Crippen LogP contribution in [0.5, 0.6) is 17.2 Å². The highest BCUT2D eigenvalue weighted by atomic mass is 79.9. The minimum atomic E-state index is -0.388. The second-order valence-electron chi connectivity index (χ2n) is 7.50. The van der Waals surface area contributed by atoms with E-state index < -0.39 is 0 Å². The Bertz CT molecular complexity index is 1370. The van der Waals surface area contributed by atoms with Gasteiger partial charge in [-0.25, -0.2) is 5.43 Å². The molecule has 0 aliphatic rings. The Morgan fingerprint density at radius 3 is 2.60 bits per heavy atom. The minimum absolute atomic E-state index is 0.182. The molecule has 0 aromatic heterocycles. The number of nitrogens with one attached hydrogen (secondary N) is 1.